The van der Waals surface area contributed by atoms with E-state index in [9.17, 15) is 33.2 Å². The Balaban J connectivity index is 1.67. The van der Waals surface area contributed by atoms with Gasteiger partial charge in [0, 0.05) is 18.1 Å². The number of rotatable bonds is 11. The number of benzene rings is 3. The predicted molar refractivity (Wildman–Crippen MR) is 142 cm³/mol. The van der Waals surface area contributed by atoms with Crippen molar-refractivity contribution in [2.45, 2.75) is 36.1 Å². The number of carbonyl (C=O) groups is 2. The molecule has 1 atom stereocenters. The molecule has 0 aromatic heterocycles. The lowest BCUT2D eigenvalue weighted by Crippen LogP contribution is -2.49. The number of amides is 1. The number of nitro groups is 1. The first-order chi connectivity index (χ1) is 18.7. The first kappa shape index (κ1) is 27.7. The Morgan fingerprint density at radius 2 is 1.54 bits per heavy atom. The van der Waals surface area contributed by atoms with Crippen LogP contribution in [0.5, 0.6) is 0 Å². The van der Waals surface area contributed by atoms with E-state index < -0.39 is 37.9 Å². The summed E-state index contributed by atoms with van der Waals surface area (Å²) < 4.78 is 32.9. The number of ether oxygens (including phenoxy) is 1. The van der Waals surface area contributed by atoms with Crippen LogP contribution in [0.25, 0.3) is 11.1 Å². The van der Waals surface area contributed by atoms with Crippen LogP contribution in [0, 0.1) is 10.1 Å². The Morgan fingerprint density at radius 3 is 2.05 bits per heavy atom. The molecule has 3 N–H and O–H groups in total. The maximum Gasteiger partial charge on any atom is 0.424 e. The Hall–Kier alpha value is -4.29. The molecule has 1 aliphatic carbocycles. The molecule has 204 valence electrons. The van der Waals surface area contributed by atoms with E-state index in [1.807, 2.05) is 48.5 Å². The fourth-order valence-electron chi connectivity index (χ4n) is 4.73. The standard InChI is InChI=1S/C27H27N3O8S/c28-16-6-5-11-25(26(31)32)29(39(36,37)19-14-12-18(13-15-19)30(34)35)27(33)38-17-24-22-9-3-1-7-20(22)21-8-2-4-10-23(21)24/h1-4,7-10,12-15,24-25H,5-6,11,16-17,28H2,(H,31,32)/t25-/m0/s1. The molecule has 1 amide bonds. The van der Waals surface area contributed by atoms with Crippen molar-refractivity contribution in [3.8, 4) is 11.1 Å². The van der Waals surface area contributed by atoms with Crippen molar-refractivity contribution in [1.29, 1.82) is 0 Å². The topological polar surface area (TPSA) is 170 Å². The van der Waals surface area contributed by atoms with Gasteiger partial charge in [0.05, 0.1) is 9.82 Å². The van der Waals surface area contributed by atoms with Gasteiger partial charge in [-0.25, -0.2) is 18.0 Å². The highest BCUT2D eigenvalue weighted by atomic mass is 32.2. The summed E-state index contributed by atoms with van der Waals surface area (Å²) in [7, 11) is -4.77. The molecular formula is C27H27N3O8S. The zero-order chi connectivity index (χ0) is 28.2. The summed E-state index contributed by atoms with van der Waals surface area (Å²) in [6.07, 6.45) is -0.880. The minimum Gasteiger partial charge on any atom is -0.480 e. The molecule has 4 rings (SSSR count). The van der Waals surface area contributed by atoms with Crippen LogP contribution in [0.1, 0.15) is 36.3 Å². The van der Waals surface area contributed by atoms with E-state index in [1.54, 1.807) is 0 Å². The average molecular weight is 554 g/mol. The zero-order valence-electron chi connectivity index (χ0n) is 20.8. The third-order valence-electron chi connectivity index (χ3n) is 6.62. The number of nitrogens with two attached hydrogens (primary N) is 1. The number of carboxylic acids is 1. The van der Waals surface area contributed by atoms with E-state index in [-0.39, 0.29) is 41.9 Å². The molecule has 0 fully saturated rings. The van der Waals surface area contributed by atoms with Gasteiger partial charge in [0.25, 0.3) is 15.7 Å². The number of non-ortho nitro benzene ring substituents is 1. The summed E-state index contributed by atoms with van der Waals surface area (Å²) in [6, 6.07) is 17.2. The Morgan fingerprint density at radius 1 is 0.974 bits per heavy atom. The highest BCUT2D eigenvalue weighted by Gasteiger charge is 2.41. The first-order valence-electron chi connectivity index (χ1n) is 12.2. The number of aliphatic carboxylic acids is 1. The van der Waals surface area contributed by atoms with Crippen LogP contribution in [0.15, 0.2) is 77.7 Å². The van der Waals surface area contributed by atoms with Crippen molar-refractivity contribution in [3.63, 3.8) is 0 Å². The Kier molecular flexibility index (Phi) is 8.27. The van der Waals surface area contributed by atoms with Crippen molar-refractivity contribution in [2.24, 2.45) is 5.73 Å². The second-order valence-corrected chi connectivity index (χ2v) is 10.8. The number of hydrogen-bond acceptors (Lipinski definition) is 8. The zero-order valence-corrected chi connectivity index (χ0v) is 21.6. The lowest BCUT2D eigenvalue weighted by Gasteiger charge is -2.28. The lowest BCUT2D eigenvalue weighted by molar-refractivity contribution is -0.384. The van der Waals surface area contributed by atoms with Gasteiger partial charge in [0.1, 0.15) is 12.6 Å². The molecule has 0 saturated carbocycles. The summed E-state index contributed by atoms with van der Waals surface area (Å²) in [4.78, 5) is 35.5. The van der Waals surface area contributed by atoms with E-state index in [1.165, 1.54) is 0 Å². The molecule has 0 saturated heterocycles. The molecule has 3 aromatic carbocycles. The van der Waals surface area contributed by atoms with E-state index in [2.05, 4.69) is 0 Å². The molecule has 0 unspecified atom stereocenters. The van der Waals surface area contributed by atoms with E-state index in [0.717, 1.165) is 46.5 Å². The minimum absolute atomic E-state index is 0.192. The first-order valence-corrected chi connectivity index (χ1v) is 13.7. The summed E-state index contributed by atoms with van der Waals surface area (Å²) in [6.45, 7) is 0.0284. The molecule has 0 spiro atoms. The number of sulfonamides is 1. The van der Waals surface area contributed by atoms with E-state index in [0.29, 0.717) is 6.42 Å². The van der Waals surface area contributed by atoms with Gasteiger partial charge in [-0.05, 0) is 60.2 Å². The number of nitro benzene ring substituents is 1. The van der Waals surface area contributed by atoms with E-state index in [4.69, 9.17) is 10.5 Å². The van der Waals surface area contributed by atoms with E-state index >= 15 is 0 Å². The van der Waals surface area contributed by atoms with Gasteiger partial charge in [-0.15, -0.1) is 0 Å². The van der Waals surface area contributed by atoms with Gasteiger partial charge in [-0.2, -0.15) is 4.31 Å². The molecular weight excluding hydrogens is 526 g/mol. The SMILES string of the molecule is NCCCC[C@@H](C(=O)O)N(C(=O)OCC1c2ccccc2-c2ccccc21)S(=O)(=O)c1ccc([N+](=O)[O-])cc1. The summed E-state index contributed by atoms with van der Waals surface area (Å²) in [5.41, 5.74) is 8.88. The van der Waals surface area contributed by atoms with Crippen molar-refractivity contribution >= 4 is 27.8 Å². The Labute approximate surface area is 225 Å². The summed E-state index contributed by atoms with van der Waals surface area (Å²) in [5, 5.41) is 20.9. The van der Waals surface area contributed by atoms with Crippen LogP contribution in [0.3, 0.4) is 0 Å². The fourth-order valence-corrected chi connectivity index (χ4v) is 6.21. The van der Waals surface area contributed by atoms with Crippen LogP contribution in [-0.2, 0) is 19.6 Å². The maximum absolute atomic E-state index is 13.6. The molecule has 11 nitrogen and oxygen atoms in total. The van der Waals surface area contributed by atoms with Crippen molar-refractivity contribution in [2.75, 3.05) is 13.2 Å². The predicted octanol–water partition coefficient (Wildman–Crippen LogP) is 4.12. The molecule has 1 aliphatic rings. The van der Waals surface area contributed by atoms with Gasteiger partial charge >= 0.3 is 12.1 Å². The third kappa shape index (κ3) is 5.61. The molecule has 39 heavy (non-hydrogen) atoms. The van der Waals surface area contributed by atoms with Crippen molar-refractivity contribution in [3.05, 3.63) is 94.0 Å². The largest absolute Gasteiger partial charge is 0.480 e. The molecule has 0 radical (unpaired) electrons. The number of fused-ring (bicyclic) bond motifs is 3. The minimum atomic E-state index is -4.77. The van der Waals surface area contributed by atoms with Gasteiger partial charge in [-0.3, -0.25) is 10.1 Å². The van der Waals surface area contributed by atoms with Crippen LogP contribution < -0.4 is 5.73 Å². The summed E-state index contributed by atoms with van der Waals surface area (Å²) >= 11 is 0. The summed E-state index contributed by atoms with van der Waals surface area (Å²) in [5.74, 6) is -1.92. The monoisotopic (exact) mass is 553 g/mol. The number of unbranched alkanes of at least 4 members (excludes halogenated alkanes) is 1. The molecule has 3 aromatic rings. The second-order valence-electron chi connectivity index (χ2n) is 8.99. The van der Waals surface area contributed by atoms with Crippen LogP contribution in [0.2, 0.25) is 0 Å². The Bertz CT molecular complexity index is 1450. The highest BCUT2D eigenvalue weighted by Crippen LogP contribution is 2.44. The van der Waals surface area contributed by atoms with Crippen molar-refractivity contribution < 1.29 is 32.8 Å². The number of carboxylic acid groups (broad SMARTS) is 1. The fraction of sp³-hybridized carbons (Fsp3) is 0.259. The van der Waals surface area contributed by atoms with Gasteiger partial charge < -0.3 is 15.6 Å². The lowest BCUT2D eigenvalue weighted by atomic mass is 9.98. The van der Waals surface area contributed by atoms with Crippen LogP contribution >= 0.6 is 0 Å². The maximum atomic E-state index is 13.6. The number of nitrogens with zero attached hydrogens (tertiary/aromatic N) is 2. The highest BCUT2D eigenvalue weighted by molar-refractivity contribution is 7.89. The van der Waals surface area contributed by atoms with Gasteiger partial charge in [0.15, 0.2) is 0 Å². The molecule has 12 heteroatoms. The average Bonchev–Trinajstić information content (AvgIpc) is 3.24. The quantitative estimate of drug-likeness (QED) is 0.201. The molecule has 0 bridgehead atoms. The normalized spacial score (nSPS) is 13.3. The second kappa shape index (κ2) is 11.6. The third-order valence-corrected chi connectivity index (χ3v) is 8.41. The molecule has 0 heterocycles. The molecule has 0 aliphatic heterocycles. The number of hydrogen-bond donors (Lipinski definition) is 2. The van der Waals surface area contributed by atoms with Gasteiger partial charge in [-0.1, -0.05) is 48.5 Å². The van der Waals surface area contributed by atoms with Crippen LogP contribution in [-0.4, -0.2) is 54.0 Å². The smallest absolute Gasteiger partial charge is 0.424 e. The number of carbonyl (C=O) groups excluding carboxylic acids is 1. The van der Waals surface area contributed by atoms with Crippen LogP contribution in [0.4, 0.5) is 10.5 Å². The van der Waals surface area contributed by atoms with Gasteiger partial charge in [0.2, 0.25) is 0 Å². The van der Waals surface area contributed by atoms with Crippen molar-refractivity contribution in [1.82, 2.24) is 4.31 Å².